The zero-order valence-corrected chi connectivity index (χ0v) is 9.57. The largest absolute Gasteiger partial charge is 0.382 e. The molecule has 1 amide bonds. The number of rotatable bonds is 3. The number of aromatic nitrogens is 2. The summed E-state index contributed by atoms with van der Waals surface area (Å²) < 4.78 is 1.64. The second kappa shape index (κ2) is 4.55. The van der Waals surface area contributed by atoms with Crippen LogP contribution in [0.15, 0.2) is 6.07 Å². The minimum atomic E-state index is -0.0575. The number of nitrogens with one attached hydrogen (secondary N) is 1. The van der Waals surface area contributed by atoms with E-state index in [2.05, 4.69) is 10.4 Å². The van der Waals surface area contributed by atoms with Crippen LogP contribution < -0.4 is 11.1 Å². The van der Waals surface area contributed by atoms with Gasteiger partial charge in [0.1, 0.15) is 11.5 Å². The average molecular weight is 222 g/mol. The lowest BCUT2D eigenvalue weighted by atomic mass is 10.2. The van der Waals surface area contributed by atoms with Crippen molar-refractivity contribution < 1.29 is 4.79 Å². The van der Waals surface area contributed by atoms with Crippen molar-refractivity contribution in [2.24, 2.45) is 0 Å². The Labute approximate surface area is 95.0 Å². The fourth-order valence-electron chi connectivity index (χ4n) is 2.19. The molecular formula is C11H18N4O. The van der Waals surface area contributed by atoms with Gasteiger partial charge in [0.2, 0.25) is 0 Å². The van der Waals surface area contributed by atoms with Crippen LogP contribution in [0.2, 0.25) is 0 Å². The predicted molar refractivity (Wildman–Crippen MR) is 62.0 cm³/mol. The first kappa shape index (κ1) is 11.0. The van der Waals surface area contributed by atoms with Crippen LogP contribution in [-0.2, 0) is 6.54 Å². The quantitative estimate of drug-likeness (QED) is 0.806. The van der Waals surface area contributed by atoms with Crippen LogP contribution in [0.1, 0.15) is 43.1 Å². The summed E-state index contributed by atoms with van der Waals surface area (Å²) in [5.41, 5.74) is 6.15. The lowest BCUT2D eigenvalue weighted by Gasteiger charge is -2.12. The van der Waals surface area contributed by atoms with Crippen molar-refractivity contribution in [2.45, 2.75) is 45.2 Å². The summed E-state index contributed by atoms with van der Waals surface area (Å²) in [6.07, 6.45) is 4.59. The van der Waals surface area contributed by atoms with E-state index in [0.29, 0.717) is 24.1 Å². The van der Waals surface area contributed by atoms with Gasteiger partial charge in [0.05, 0.1) is 0 Å². The highest BCUT2D eigenvalue weighted by atomic mass is 16.2. The summed E-state index contributed by atoms with van der Waals surface area (Å²) in [4.78, 5) is 12.0. The van der Waals surface area contributed by atoms with Crippen molar-refractivity contribution in [3.05, 3.63) is 11.8 Å². The van der Waals surface area contributed by atoms with Crippen molar-refractivity contribution in [3.63, 3.8) is 0 Å². The second-order valence-corrected chi connectivity index (χ2v) is 4.23. The van der Waals surface area contributed by atoms with E-state index in [0.717, 1.165) is 12.8 Å². The van der Waals surface area contributed by atoms with E-state index in [9.17, 15) is 4.79 Å². The Hall–Kier alpha value is -1.52. The van der Waals surface area contributed by atoms with E-state index in [1.165, 1.54) is 12.8 Å². The summed E-state index contributed by atoms with van der Waals surface area (Å²) in [7, 11) is 0. The van der Waals surface area contributed by atoms with Gasteiger partial charge in [0.25, 0.3) is 5.91 Å². The molecule has 0 saturated heterocycles. The first-order chi connectivity index (χ1) is 7.70. The molecule has 5 nitrogen and oxygen atoms in total. The van der Waals surface area contributed by atoms with E-state index in [4.69, 9.17) is 5.73 Å². The topological polar surface area (TPSA) is 72.9 Å². The molecule has 1 aromatic rings. The molecule has 0 aromatic carbocycles. The predicted octanol–water partition coefficient (Wildman–Crippen LogP) is 1.16. The van der Waals surface area contributed by atoms with E-state index in [-0.39, 0.29) is 5.91 Å². The number of hydrogen-bond donors (Lipinski definition) is 2. The van der Waals surface area contributed by atoms with Crippen molar-refractivity contribution in [1.29, 1.82) is 0 Å². The minimum Gasteiger partial charge on any atom is -0.382 e. The molecule has 1 saturated carbocycles. The molecule has 0 unspecified atom stereocenters. The maximum atomic E-state index is 12.0. The number of nitrogens with two attached hydrogens (primary N) is 1. The number of nitrogens with zero attached hydrogens (tertiary/aromatic N) is 2. The smallest absolute Gasteiger partial charge is 0.269 e. The number of nitrogen functional groups attached to an aromatic ring is 1. The van der Waals surface area contributed by atoms with Gasteiger partial charge in [0, 0.05) is 18.7 Å². The van der Waals surface area contributed by atoms with Gasteiger partial charge in [-0.3, -0.25) is 9.48 Å². The zero-order valence-electron chi connectivity index (χ0n) is 9.57. The first-order valence-corrected chi connectivity index (χ1v) is 5.85. The number of amides is 1. The van der Waals surface area contributed by atoms with Crippen LogP contribution in [0.5, 0.6) is 0 Å². The summed E-state index contributed by atoms with van der Waals surface area (Å²) in [6.45, 7) is 2.60. The highest BCUT2D eigenvalue weighted by Gasteiger charge is 2.20. The fourth-order valence-corrected chi connectivity index (χ4v) is 2.19. The summed E-state index contributed by atoms with van der Waals surface area (Å²) in [5.74, 6) is 0.344. The van der Waals surface area contributed by atoms with Gasteiger partial charge in [0.15, 0.2) is 0 Å². The molecule has 0 atom stereocenters. The molecule has 0 radical (unpaired) electrons. The second-order valence-electron chi connectivity index (χ2n) is 4.23. The van der Waals surface area contributed by atoms with Crippen LogP contribution in [0.3, 0.4) is 0 Å². The van der Waals surface area contributed by atoms with Gasteiger partial charge in [-0.25, -0.2) is 0 Å². The molecule has 0 spiro atoms. The third-order valence-electron chi connectivity index (χ3n) is 3.02. The fraction of sp³-hybridized carbons (Fsp3) is 0.636. The molecule has 88 valence electrons. The van der Waals surface area contributed by atoms with Gasteiger partial charge >= 0.3 is 0 Å². The van der Waals surface area contributed by atoms with Crippen molar-refractivity contribution in [1.82, 2.24) is 15.1 Å². The SMILES string of the molecule is CCn1nc(N)cc1C(=O)NC1CCCC1. The Balaban J connectivity index is 2.07. The Morgan fingerprint density at radius 3 is 2.94 bits per heavy atom. The van der Waals surface area contributed by atoms with Gasteiger partial charge < -0.3 is 11.1 Å². The van der Waals surface area contributed by atoms with Crippen LogP contribution in [0.4, 0.5) is 5.82 Å². The van der Waals surface area contributed by atoms with Crippen molar-refractivity contribution >= 4 is 11.7 Å². The first-order valence-electron chi connectivity index (χ1n) is 5.85. The Morgan fingerprint density at radius 2 is 2.31 bits per heavy atom. The standard InChI is InChI=1S/C11H18N4O/c1-2-15-9(7-10(12)14-15)11(16)13-8-5-3-4-6-8/h7-8H,2-6H2,1H3,(H2,12,14)(H,13,16). The molecule has 3 N–H and O–H groups in total. The van der Waals surface area contributed by atoms with Crippen molar-refractivity contribution in [3.8, 4) is 0 Å². The maximum Gasteiger partial charge on any atom is 0.269 e. The van der Waals surface area contributed by atoms with Gasteiger partial charge in [-0.2, -0.15) is 5.10 Å². The molecule has 1 aliphatic carbocycles. The average Bonchev–Trinajstić information content (AvgIpc) is 2.86. The molecule has 16 heavy (non-hydrogen) atoms. The molecular weight excluding hydrogens is 204 g/mol. The molecule has 1 aliphatic rings. The number of anilines is 1. The molecule has 0 aliphatic heterocycles. The molecule has 2 rings (SSSR count). The minimum absolute atomic E-state index is 0.0575. The summed E-state index contributed by atoms with van der Waals surface area (Å²) in [5, 5.41) is 7.09. The molecule has 1 fully saturated rings. The lowest BCUT2D eigenvalue weighted by Crippen LogP contribution is -2.34. The Morgan fingerprint density at radius 1 is 1.62 bits per heavy atom. The van der Waals surface area contributed by atoms with E-state index in [1.54, 1.807) is 10.7 Å². The highest BCUT2D eigenvalue weighted by Crippen LogP contribution is 2.18. The number of hydrogen-bond acceptors (Lipinski definition) is 3. The number of carbonyl (C=O) groups is 1. The van der Waals surface area contributed by atoms with Crippen LogP contribution in [0, 0.1) is 0 Å². The number of aryl methyl sites for hydroxylation is 1. The van der Waals surface area contributed by atoms with Gasteiger partial charge in [-0.05, 0) is 19.8 Å². The lowest BCUT2D eigenvalue weighted by molar-refractivity contribution is 0.0927. The number of carbonyl (C=O) groups excluding carboxylic acids is 1. The molecule has 1 aromatic heterocycles. The van der Waals surface area contributed by atoms with Gasteiger partial charge in [-0.1, -0.05) is 12.8 Å². The van der Waals surface area contributed by atoms with E-state index in [1.807, 2.05) is 6.92 Å². The van der Waals surface area contributed by atoms with E-state index < -0.39 is 0 Å². The highest BCUT2D eigenvalue weighted by molar-refractivity contribution is 5.93. The molecule has 0 bridgehead atoms. The normalized spacial score (nSPS) is 16.6. The van der Waals surface area contributed by atoms with Crippen LogP contribution in [0.25, 0.3) is 0 Å². The summed E-state index contributed by atoms with van der Waals surface area (Å²) in [6, 6.07) is 1.96. The zero-order chi connectivity index (χ0) is 11.5. The third-order valence-corrected chi connectivity index (χ3v) is 3.02. The van der Waals surface area contributed by atoms with Gasteiger partial charge in [-0.15, -0.1) is 0 Å². The Bertz CT molecular complexity index is 379. The molecule has 5 heteroatoms. The van der Waals surface area contributed by atoms with E-state index >= 15 is 0 Å². The Kier molecular flexibility index (Phi) is 3.12. The molecule has 1 heterocycles. The summed E-state index contributed by atoms with van der Waals surface area (Å²) >= 11 is 0. The maximum absolute atomic E-state index is 12.0. The van der Waals surface area contributed by atoms with Crippen LogP contribution >= 0.6 is 0 Å². The monoisotopic (exact) mass is 222 g/mol. The van der Waals surface area contributed by atoms with Crippen LogP contribution in [-0.4, -0.2) is 21.7 Å². The third kappa shape index (κ3) is 2.18. The van der Waals surface area contributed by atoms with Crippen molar-refractivity contribution in [2.75, 3.05) is 5.73 Å².